The molecule has 1 aromatic heterocycles. The average molecular weight is 264 g/mol. The van der Waals surface area contributed by atoms with E-state index in [-0.39, 0.29) is 11.6 Å². The average Bonchev–Trinajstić information content (AvgIpc) is 2.36. The van der Waals surface area contributed by atoms with E-state index in [0.29, 0.717) is 0 Å². The zero-order valence-electron chi connectivity index (χ0n) is 12.3. The molecule has 1 aliphatic rings. The smallest absolute Gasteiger partial charge is 0.147 e. The first-order valence-corrected chi connectivity index (χ1v) is 6.86. The Balaban J connectivity index is 2.02. The molecule has 19 heavy (non-hydrogen) atoms. The minimum Gasteiger partial charge on any atom is -0.375 e. The molecule has 0 aromatic carbocycles. The molecule has 1 aliphatic heterocycles. The van der Waals surface area contributed by atoms with Crippen molar-refractivity contribution in [1.82, 2.24) is 15.3 Å². The molecule has 0 amide bonds. The molecular weight excluding hydrogens is 240 g/mol. The van der Waals surface area contributed by atoms with Gasteiger partial charge in [-0.3, -0.25) is 4.98 Å². The summed E-state index contributed by atoms with van der Waals surface area (Å²) in [5, 5.41) is 3.43. The number of nitrogens with one attached hydrogen (secondary N) is 1. The largest absolute Gasteiger partial charge is 0.375 e. The summed E-state index contributed by atoms with van der Waals surface area (Å²) in [6, 6.07) is 0. The number of hydrogen-bond donors (Lipinski definition) is 1. The van der Waals surface area contributed by atoms with Gasteiger partial charge < -0.3 is 15.0 Å². The highest BCUT2D eigenvalue weighted by atomic mass is 16.5. The van der Waals surface area contributed by atoms with Crippen LogP contribution in [0.25, 0.3) is 0 Å². The lowest BCUT2D eigenvalue weighted by Crippen LogP contribution is -2.41. The topological polar surface area (TPSA) is 50.3 Å². The second kappa shape index (κ2) is 5.84. The van der Waals surface area contributed by atoms with Gasteiger partial charge in [0.25, 0.3) is 0 Å². The van der Waals surface area contributed by atoms with Gasteiger partial charge in [0, 0.05) is 31.4 Å². The summed E-state index contributed by atoms with van der Waals surface area (Å²) in [7, 11) is 0. The van der Waals surface area contributed by atoms with E-state index in [2.05, 4.69) is 47.9 Å². The third-order valence-corrected chi connectivity index (χ3v) is 3.04. The number of anilines is 1. The van der Waals surface area contributed by atoms with Crippen LogP contribution in [0.2, 0.25) is 0 Å². The number of aromatic nitrogens is 2. The van der Waals surface area contributed by atoms with Crippen LogP contribution in [-0.4, -0.2) is 41.3 Å². The molecule has 0 radical (unpaired) electrons. The maximum Gasteiger partial charge on any atom is 0.147 e. The molecule has 2 rings (SSSR count). The van der Waals surface area contributed by atoms with Crippen molar-refractivity contribution in [2.75, 3.05) is 24.6 Å². The van der Waals surface area contributed by atoms with E-state index in [1.54, 1.807) is 0 Å². The third-order valence-electron chi connectivity index (χ3n) is 3.04. The van der Waals surface area contributed by atoms with Gasteiger partial charge in [-0.2, -0.15) is 0 Å². The second-order valence-electron chi connectivity index (χ2n) is 6.10. The van der Waals surface area contributed by atoms with Gasteiger partial charge in [0.2, 0.25) is 0 Å². The Morgan fingerprint density at radius 1 is 1.42 bits per heavy atom. The van der Waals surface area contributed by atoms with Crippen molar-refractivity contribution >= 4 is 5.82 Å². The van der Waals surface area contributed by atoms with Gasteiger partial charge in [0.15, 0.2) is 0 Å². The molecule has 2 heterocycles. The predicted octanol–water partition coefficient (Wildman–Crippen LogP) is 1.59. The van der Waals surface area contributed by atoms with Crippen molar-refractivity contribution in [2.45, 2.75) is 45.9 Å². The van der Waals surface area contributed by atoms with Crippen molar-refractivity contribution in [3.05, 3.63) is 18.1 Å². The maximum atomic E-state index is 5.55. The van der Waals surface area contributed by atoms with E-state index in [9.17, 15) is 0 Å². The van der Waals surface area contributed by atoms with Crippen molar-refractivity contribution in [3.8, 4) is 0 Å². The first kappa shape index (κ1) is 14.2. The van der Waals surface area contributed by atoms with Crippen molar-refractivity contribution in [1.29, 1.82) is 0 Å². The molecular formula is C14H24N4O. The maximum absolute atomic E-state index is 5.55. The zero-order chi connectivity index (χ0) is 13.9. The molecule has 1 saturated heterocycles. The highest BCUT2D eigenvalue weighted by molar-refractivity contribution is 5.37. The van der Waals surface area contributed by atoms with Crippen LogP contribution in [0.5, 0.6) is 0 Å². The molecule has 1 aromatic rings. The quantitative estimate of drug-likeness (QED) is 0.898. The Morgan fingerprint density at radius 2 is 2.21 bits per heavy atom. The molecule has 5 heteroatoms. The minimum atomic E-state index is 0.0885. The lowest BCUT2D eigenvalue weighted by molar-refractivity contribution is 0.0529. The number of rotatable bonds is 3. The molecule has 0 aliphatic carbocycles. The van der Waals surface area contributed by atoms with E-state index in [1.807, 2.05) is 12.4 Å². The second-order valence-corrected chi connectivity index (χ2v) is 6.10. The highest BCUT2D eigenvalue weighted by Crippen LogP contribution is 2.14. The summed E-state index contributed by atoms with van der Waals surface area (Å²) in [5.41, 5.74) is 1.07. The summed E-state index contributed by atoms with van der Waals surface area (Å²) in [6.45, 7) is 11.8. The number of ether oxygens (including phenoxy) is 1. The monoisotopic (exact) mass is 264 g/mol. The van der Waals surface area contributed by atoms with Crippen molar-refractivity contribution < 1.29 is 4.74 Å². The molecule has 1 N–H and O–H groups in total. The lowest BCUT2D eigenvalue weighted by Gasteiger charge is -2.32. The van der Waals surface area contributed by atoms with Gasteiger partial charge >= 0.3 is 0 Å². The third kappa shape index (κ3) is 4.44. The predicted molar refractivity (Wildman–Crippen MR) is 76.3 cm³/mol. The van der Waals surface area contributed by atoms with Crippen LogP contribution in [0.1, 0.15) is 33.4 Å². The Kier molecular flexibility index (Phi) is 4.37. The minimum absolute atomic E-state index is 0.0885. The fraction of sp³-hybridized carbons (Fsp3) is 0.714. The molecule has 1 fully saturated rings. The van der Waals surface area contributed by atoms with Gasteiger partial charge in [-0.1, -0.05) is 0 Å². The van der Waals surface area contributed by atoms with Crippen LogP contribution >= 0.6 is 0 Å². The highest BCUT2D eigenvalue weighted by Gasteiger charge is 2.18. The van der Waals surface area contributed by atoms with Crippen molar-refractivity contribution in [2.24, 2.45) is 0 Å². The van der Waals surface area contributed by atoms with E-state index < -0.39 is 0 Å². The summed E-state index contributed by atoms with van der Waals surface area (Å²) < 4.78 is 5.55. The molecule has 1 unspecified atom stereocenters. The lowest BCUT2D eigenvalue weighted by atomic mass is 10.1. The summed E-state index contributed by atoms with van der Waals surface area (Å²) in [4.78, 5) is 11.2. The van der Waals surface area contributed by atoms with Crippen LogP contribution in [-0.2, 0) is 11.3 Å². The van der Waals surface area contributed by atoms with Gasteiger partial charge in [-0.25, -0.2) is 4.98 Å². The Hall–Kier alpha value is -1.20. The summed E-state index contributed by atoms with van der Waals surface area (Å²) >= 11 is 0. The molecule has 0 spiro atoms. The van der Waals surface area contributed by atoms with Crippen LogP contribution in [0, 0.1) is 0 Å². The standard InChI is InChI=1S/C14H24N4O/c1-11-10-18(5-6-19-11)13-9-15-7-12(17-13)8-16-14(2,3)4/h7,9,11,16H,5-6,8,10H2,1-4H3. The normalized spacial score (nSPS) is 20.6. The fourth-order valence-electron chi connectivity index (χ4n) is 2.01. The first-order chi connectivity index (χ1) is 8.94. The SMILES string of the molecule is CC1CN(c2cncc(CNC(C)(C)C)n2)CCO1. The molecule has 1 atom stereocenters. The zero-order valence-corrected chi connectivity index (χ0v) is 12.3. The number of nitrogens with zero attached hydrogens (tertiary/aromatic N) is 3. The van der Waals surface area contributed by atoms with E-state index >= 15 is 0 Å². The molecule has 0 bridgehead atoms. The van der Waals surface area contributed by atoms with Gasteiger partial charge in [0.05, 0.1) is 24.6 Å². The van der Waals surface area contributed by atoms with Gasteiger partial charge in [0.1, 0.15) is 5.82 Å². The molecule has 0 saturated carbocycles. The summed E-state index contributed by atoms with van der Waals surface area (Å²) in [6.07, 6.45) is 3.91. The first-order valence-electron chi connectivity index (χ1n) is 6.86. The van der Waals surface area contributed by atoms with Crippen molar-refractivity contribution in [3.63, 3.8) is 0 Å². The molecule has 5 nitrogen and oxygen atoms in total. The van der Waals surface area contributed by atoms with Crippen LogP contribution in [0.4, 0.5) is 5.82 Å². The fourth-order valence-corrected chi connectivity index (χ4v) is 2.01. The Bertz CT molecular complexity index is 416. The van der Waals surface area contributed by atoms with Crippen LogP contribution in [0.15, 0.2) is 12.4 Å². The van der Waals surface area contributed by atoms with Crippen LogP contribution < -0.4 is 10.2 Å². The van der Waals surface area contributed by atoms with E-state index in [1.165, 1.54) is 0 Å². The van der Waals surface area contributed by atoms with Gasteiger partial charge in [-0.05, 0) is 27.7 Å². The Morgan fingerprint density at radius 3 is 2.89 bits per heavy atom. The number of hydrogen-bond acceptors (Lipinski definition) is 5. The van der Waals surface area contributed by atoms with Crippen LogP contribution in [0.3, 0.4) is 0 Å². The Labute approximate surface area is 115 Å². The van der Waals surface area contributed by atoms with E-state index in [4.69, 9.17) is 4.74 Å². The summed E-state index contributed by atoms with van der Waals surface area (Å²) in [5.74, 6) is 0.948. The van der Waals surface area contributed by atoms with Gasteiger partial charge in [-0.15, -0.1) is 0 Å². The number of morpholine rings is 1. The molecule has 106 valence electrons. The van der Waals surface area contributed by atoms with E-state index in [0.717, 1.165) is 37.8 Å².